The van der Waals surface area contributed by atoms with Gasteiger partial charge >= 0.3 is 16.1 Å². The molecule has 0 fully saturated rings. The number of furan rings is 1. The standard InChI is InChI=1S/C24H23ClN2O5S/c1-16(2)31-24(28)26(3)14-17-12-21(18-8-10-20(25)11-9-18)27(15-17)33(29,30)23-13-19-6-4-5-7-22(19)32-23/h4-13,15-16H,14H2,1-3H3. The summed E-state index contributed by atoms with van der Waals surface area (Å²) in [5.74, 6) is 0. The highest BCUT2D eigenvalue weighted by molar-refractivity contribution is 7.89. The van der Waals surface area contributed by atoms with Crippen molar-refractivity contribution in [3.8, 4) is 11.3 Å². The lowest BCUT2D eigenvalue weighted by Gasteiger charge is -2.17. The number of aromatic nitrogens is 1. The van der Waals surface area contributed by atoms with Gasteiger partial charge in [0.15, 0.2) is 0 Å². The van der Waals surface area contributed by atoms with Gasteiger partial charge in [0.05, 0.1) is 18.3 Å². The van der Waals surface area contributed by atoms with Crippen LogP contribution >= 0.6 is 11.6 Å². The Morgan fingerprint density at radius 1 is 1.12 bits per heavy atom. The van der Waals surface area contributed by atoms with E-state index in [1.807, 2.05) is 6.07 Å². The zero-order chi connectivity index (χ0) is 23.8. The monoisotopic (exact) mass is 486 g/mol. The third-order valence-electron chi connectivity index (χ3n) is 4.97. The number of para-hydroxylation sites is 1. The molecule has 9 heteroatoms. The second kappa shape index (κ2) is 8.96. The van der Waals surface area contributed by atoms with Crippen LogP contribution < -0.4 is 0 Å². The number of hydrogen-bond acceptors (Lipinski definition) is 5. The molecule has 0 N–H and O–H groups in total. The van der Waals surface area contributed by atoms with Crippen LogP contribution in [0.5, 0.6) is 0 Å². The molecule has 172 valence electrons. The minimum absolute atomic E-state index is 0.162. The molecule has 0 aliphatic heterocycles. The first-order valence-electron chi connectivity index (χ1n) is 10.3. The summed E-state index contributed by atoms with van der Waals surface area (Å²) in [7, 11) is -2.47. The minimum Gasteiger partial charge on any atom is -0.447 e. The number of benzene rings is 2. The van der Waals surface area contributed by atoms with Gasteiger partial charge in [0, 0.05) is 29.7 Å². The molecule has 4 aromatic rings. The summed E-state index contributed by atoms with van der Waals surface area (Å²) >= 11 is 6.02. The second-order valence-electron chi connectivity index (χ2n) is 7.93. The first-order chi connectivity index (χ1) is 15.6. The lowest BCUT2D eigenvalue weighted by Crippen LogP contribution is -2.28. The molecule has 0 saturated carbocycles. The molecule has 4 rings (SSSR count). The fourth-order valence-electron chi connectivity index (χ4n) is 3.42. The second-order valence-corrected chi connectivity index (χ2v) is 10.1. The van der Waals surface area contributed by atoms with Crippen molar-refractivity contribution in [2.24, 2.45) is 0 Å². The SMILES string of the molecule is CC(C)OC(=O)N(C)Cc1cc(-c2ccc(Cl)cc2)n(S(=O)(=O)c2cc3ccccc3o2)c1. The van der Waals surface area contributed by atoms with Gasteiger partial charge in [-0.3, -0.25) is 0 Å². The summed E-state index contributed by atoms with van der Waals surface area (Å²) in [6, 6.07) is 17.2. The normalized spacial score (nSPS) is 11.8. The average Bonchev–Trinajstić information content (AvgIpc) is 3.39. The molecule has 0 atom stereocenters. The van der Waals surface area contributed by atoms with Crippen molar-refractivity contribution in [2.45, 2.75) is 31.6 Å². The average molecular weight is 487 g/mol. The number of rotatable bonds is 6. The zero-order valence-corrected chi connectivity index (χ0v) is 19.9. The molecule has 2 aromatic heterocycles. The van der Waals surface area contributed by atoms with Gasteiger partial charge in [-0.15, -0.1) is 0 Å². The highest BCUT2D eigenvalue weighted by Crippen LogP contribution is 2.31. The molecule has 0 saturated heterocycles. The molecule has 33 heavy (non-hydrogen) atoms. The molecule has 0 radical (unpaired) electrons. The van der Waals surface area contributed by atoms with E-state index in [2.05, 4.69) is 0 Å². The van der Waals surface area contributed by atoms with Gasteiger partial charge in [-0.2, -0.15) is 8.42 Å². The number of carbonyl (C=O) groups excluding carboxylic acids is 1. The van der Waals surface area contributed by atoms with E-state index >= 15 is 0 Å². The fraction of sp³-hybridized carbons (Fsp3) is 0.208. The maximum absolute atomic E-state index is 13.6. The van der Waals surface area contributed by atoms with E-state index in [1.54, 1.807) is 69.4 Å². The van der Waals surface area contributed by atoms with Crippen molar-refractivity contribution in [1.82, 2.24) is 8.87 Å². The summed E-state index contributed by atoms with van der Waals surface area (Å²) in [6.45, 7) is 3.69. The van der Waals surface area contributed by atoms with E-state index in [0.717, 1.165) is 0 Å². The maximum Gasteiger partial charge on any atom is 0.410 e. The Hall–Kier alpha value is -3.23. The Morgan fingerprint density at radius 3 is 2.48 bits per heavy atom. The molecule has 0 unspecified atom stereocenters. The smallest absolute Gasteiger partial charge is 0.410 e. The molecule has 0 aliphatic carbocycles. The third kappa shape index (κ3) is 4.77. The summed E-state index contributed by atoms with van der Waals surface area (Å²) < 4.78 is 39.2. The third-order valence-corrected chi connectivity index (χ3v) is 6.75. The van der Waals surface area contributed by atoms with E-state index in [0.29, 0.717) is 32.8 Å². The van der Waals surface area contributed by atoms with E-state index in [1.165, 1.54) is 21.1 Å². The minimum atomic E-state index is -4.06. The maximum atomic E-state index is 13.6. The summed E-state index contributed by atoms with van der Waals surface area (Å²) in [4.78, 5) is 13.6. The lowest BCUT2D eigenvalue weighted by atomic mass is 10.1. The largest absolute Gasteiger partial charge is 0.447 e. The highest BCUT2D eigenvalue weighted by Gasteiger charge is 2.26. The fourth-order valence-corrected chi connectivity index (χ4v) is 4.91. The summed E-state index contributed by atoms with van der Waals surface area (Å²) in [5.41, 5.74) is 2.17. The van der Waals surface area contributed by atoms with Gasteiger partial charge in [0.1, 0.15) is 5.58 Å². The first kappa shape index (κ1) is 22.9. The van der Waals surface area contributed by atoms with E-state index < -0.39 is 16.1 Å². The van der Waals surface area contributed by atoms with Crippen LogP contribution in [0.4, 0.5) is 4.79 Å². The number of halogens is 1. The first-order valence-corrected chi connectivity index (χ1v) is 12.1. The Balaban J connectivity index is 1.78. The molecule has 0 aliphatic rings. The van der Waals surface area contributed by atoms with Gasteiger partial charge in [-0.25, -0.2) is 8.77 Å². The quantitative estimate of drug-likeness (QED) is 0.345. The Bertz CT molecular complexity index is 1370. The van der Waals surface area contributed by atoms with E-state index in [4.69, 9.17) is 20.8 Å². The molecule has 2 heterocycles. The van der Waals surface area contributed by atoms with Crippen LogP contribution in [0.25, 0.3) is 22.2 Å². The summed E-state index contributed by atoms with van der Waals surface area (Å²) in [5, 5.41) is 1.05. The summed E-state index contributed by atoms with van der Waals surface area (Å²) in [6.07, 6.45) is 0.736. The van der Waals surface area contributed by atoms with Crippen molar-refractivity contribution in [2.75, 3.05) is 7.05 Å². The van der Waals surface area contributed by atoms with Gasteiger partial charge in [0.2, 0.25) is 5.09 Å². The lowest BCUT2D eigenvalue weighted by molar-refractivity contribution is 0.0822. The van der Waals surface area contributed by atoms with Crippen molar-refractivity contribution < 1.29 is 22.4 Å². The highest BCUT2D eigenvalue weighted by atomic mass is 35.5. The Kier molecular flexibility index (Phi) is 6.23. The number of carbonyl (C=O) groups is 1. The van der Waals surface area contributed by atoms with Crippen LogP contribution in [-0.2, 0) is 21.3 Å². The number of ether oxygens (including phenoxy) is 1. The van der Waals surface area contributed by atoms with Crippen molar-refractivity contribution in [1.29, 1.82) is 0 Å². The van der Waals surface area contributed by atoms with E-state index in [-0.39, 0.29) is 17.7 Å². The number of fused-ring (bicyclic) bond motifs is 1. The topological polar surface area (TPSA) is 81.8 Å². The van der Waals surface area contributed by atoms with Gasteiger partial charge in [0.25, 0.3) is 0 Å². The number of hydrogen-bond donors (Lipinski definition) is 0. The Labute approximate surface area is 197 Å². The van der Waals surface area contributed by atoms with Crippen LogP contribution in [0.1, 0.15) is 19.4 Å². The van der Waals surface area contributed by atoms with Crippen LogP contribution in [0.2, 0.25) is 5.02 Å². The molecule has 0 spiro atoms. The van der Waals surface area contributed by atoms with Crippen molar-refractivity contribution in [3.63, 3.8) is 0 Å². The van der Waals surface area contributed by atoms with Crippen LogP contribution in [0.3, 0.4) is 0 Å². The van der Waals surface area contributed by atoms with Crippen LogP contribution in [0, 0.1) is 0 Å². The van der Waals surface area contributed by atoms with E-state index in [9.17, 15) is 13.2 Å². The molecule has 0 bridgehead atoms. The van der Waals surface area contributed by atoms with Crippen LogP contribution in [-0.4, -0.2) is 36.5 Å². The predicted octanol–water partition coefficient (Wildman–Crippen LogP) is 5.77. The molecular weight excluding hydrogens is 464 g/mol. The van der Waals surface area contributed by atoms with Gasteiger partial charge in [-0.1, -0.05) is 41.9 Å². The molecule has 7 nitrogen and oxygen atoms in total. The van der Waals surface area contributed by atoms with Crippen molar-refractivity contribution in [3.05, 3.63) is 77.4 Å². The van der Waals surface area contributed by atoms with Gasteiger partial charge < -0.3 is 14.1 Å². The molecule has 1 amide bonds. The predicted molar refractivity (Wildman–Crippen MR) is 127 cm³/mol. The number of amides is 1. The van der Waals surface area contributed by atoms with Crippen molar-refractivity contribution >= 4 is 38.7 Å². The molecule has 2 aromatic carbocycles. The zero-order valence-electron chi connectivity index (χ0n) is 18.4. The van der Waals surface area contributed by atoms with Crippen LogP contribution in [0.15, 0.2) is 76.4 Å². The van der Waals surface area contributed by atoms with Gasteiger partial charge in [-0.05, 0) is 49.2 Å². The Morgan fingerprint density at radius 2 is 1.82 bits per heavy atom. The molecular formula is C24H23ClN2O5S. The number of nitrogens with zero attached hydrogens (tertiary/aromatic N) is 2.